The molecule has 0 aromatic heterocycles. The number of phenolic OH excluding ortho intramolecular Hbond substituents is 1. The van der Waals surface area contributed by atoms with Gasteiger partial charge in [-0.3, -0.25) is 0 Å². The summed E-state index contributed by atoms with van der Waals surface area (Å²) in [6.45, 7) is 0. The Kier molecular flexibility index (Phi) is 5.75. The van der Waals surface area contributed by atoms with E-state index < -0.39 is 12.0 Å². The molecule has 6 nitrogen and oxygen atoms in total. The third-order valence-electron chi connectivity index (χ3n) is 2.72. The molecule has 0 aliphatic rings. The number of halogens is 1. The highest BCUT2D eigenvalue weighted by atomic mass is 79.9. The summed E-state index contributed by atoms with van der Waals surface area (Å²) >= 11 is 3.16. The third-order valence-corrected chi connectivity index (χ3v) is 3.32. The highest BCUT2D eigenvalue weighted by Gasteiger charge is 2.21. The number of nitrogens with zero attached hydrogens (tertiary/aromatic N) is 3. The summed E-state index contributed by atoms with van der Waals surface area (Å²) in [6, 6.07) is 7.44. The maximum absolute atomic E-state index is 9.72. The maximum atomic E-state index is 9.72. The van der Waals surface area contributed by atoms with Gasteiger partial charge in [-0.05, 0) is 39.7 Å². The minimum Gasteiger partial charge on any atom is -0.503 e. The number of nitriles is 3. The van der Waals surface area contributed by atoms with Crippen LogP contribution < -0.4 is 10.5 Å². The number of benzene rings is 1. The Bertz CT molecular complexity index is 681. The summed E-state index contributed by atoms with van der Waals surface area (Å²) in [4.78, 5) is 0. The first-order valence-corrected chi connectivity index (χ1v) is 6.50. The molecule has 7 heteroatoms. The molecular formula is C14H11BrN4O2. The van der Waals surface area contributed by atoms with Crippen molar-refractivity contribution < 1.29 is 9.84 Å². The molecule has 0 spiro atoms. The Morgan fingerprint density at radius 3 is 2.48 bits per heavy atom. The van der Waals surface area contributed by atoms with Gasteiger partial charge in [-0.15, -0.1) is 0 Å². The second-order valence-corrected chi connectivity index (χ2v) is 4.88. The van der Waals surface area contributed by atoms with E-state index in [1.165, 1.54) is 19.3 Å². The van der Waals surface area contributed by atoms with Crippen molar-refractivity contribution in [1.29, 1.82) is 15.8 Å². The number of ether oxygens (including phenoxy) is 1. The minimum absolute atomic E-state index is 0.0654. The van der Waals surface area contributed by atoms with Gasteiger partial charge in [0.1, 0.15) is 0 Å². The van der Waals surface area contributed by atoms with Gasteiger partial charge in [0.2, 0.25) is 0 Å². The largest absolute Gasteiger partial charge is 0.503 e. The molecule has 3 N–H and O–H groups in total. The van der Waals surface area contributed by atoms with E-state index in [1.54, 1.807) is 18.2 Å². The molecule has 0 aliphatic heterocycles. The predicted molar refractivity (Wildman–Crippen MR) is 78.6 cm³/mol. The van der Waals surface area contributed by atoms with Gasteiger partial charge in [-0.2, -0.15) is 15.8 Å². The van der Waals surface area contributed by atoms with Crippen LogP contribution in [0.25, 0.3) is 6.08 Å². The summed E-state index contributed by atoms with van der Waals surface area (Å²) < 4.78 is 5.39. The Hall–Kier alpha value is -2.53. The number of aromatic hydroxyl groups is 1. The van der Waals surface area contributed by atoms with Crippen LogP contribution in [0.2, 0.25) is 0 Å². The summed E-state index contributed by atoms with van der Waals surface area (Å²) in [6.07, 6.45) is 1.44. The van der Waals surface area contributed by atoms with Gasteiger partial charge in [-0.25, -0.2) is 0 Å². The van der Waals surface area contributed by atoms with E-state index in [0.29, 0.717) is 10.0 Å². The fourth-order valence-corrected chi connectivity index (χ4v) is 2.04. The standard InChI is InChI=1S/C14H11BrN4O2/c1-21-12-4-8(3-11(15)14(12)20)2-9(5-16)13(19)10(6-17)7-18/h2-4,10,13,20H,19H2,1H3. The first-order chi connectivity index (χ1) is 9.98. The molecule has 1 aromatic rings. The molecule has 21 heavy (non-hydrogen) atoms. The van der Waals surface area contributed by atoms with E-state index in [4.69, 9.17) is 26.3 Å². The summed E-state index contributed by atoms with van der Waals surface area (Å²) in [7, 11) is 1.40. The smallest absolute Gasteiger partial charge is 0.172 e. The summed E-state index contributed by atoms with van der Waals surface area (Å²) in [5.74, 6) is -0.957. The second-order valence-electron chi connectivity index (χ2n) is 4.03. The lowest BCUT2D eigenvalue weighted by Gasteiger charge is -2.11. The van der Waals surface area contributed by atoms with Crippen molar-refractivity contribution in [2.45, 2.75) is 6.04 Å². The van der Waals surface area contributed by atoms with E-state index in [0.717, 1.165) is 0 Å². The van der Waals surface area contributed by atoms with Crippen molar-refractivity contribution in [1.82, 2.24) is 0 Å². The molecule has 0 fully saturated rings. The van der Waals surface area contributed by atoms with E-state index >= 15 is 0 Å². The highest BCUT2D eigenvalue weighted by molar-refractivity contribution is 9.10. The molecule has 1 rings (SSSR count). The lowest BCUT2D eigenvalue weighted by Crippen LogP contribution is -2.29. The topological polar surface area (TPSA) is 127 Å². The van der Waals surface area contributed by atoms with Crippen LogP contribution in [0.15, 0.2) is 22.2 Å². The number of rotatable bonds is 4. The van der Waals surface area contributed by atoms with Crippen LogP contribution in [0, 0.1) is 39.9 Å². The summed E-state index contributed by atoms with van der Waals surface area (Å²) in [5, 5.41) is 36.5. The van der Waals surface area contributed by atoms with Gasteiger partial charge < -0.3 is 15.6 Å². The predicted octanol–water partition coefficient (Wildman–Crippen LogP) is 2.06. The van der Waals surface area contributed by atoms with Crippen molar-refractivity contribution in [3.05, 3.63) is 27.7 Å². The zero-order chi connectivity index (χ0) is 16.0. The van der Waals surface area contributed by atoms with Gasteiger partial charge in [0.05, 0.1) is 35.8 Å². The molecule has 0 saturated carbocycles. The normalized spacial score (nSPS) is 12.1. The Morgan fingerprint density at radius 1 is 1.38 bits per heavy atom. The molecule has 0 aliphatic carbocycles. The van der Waals surface area contributed by atoms with Crippen molar-refractivity contribution in [3.8, 4) is 29.7 Å². The fraction of sp³-hybridized carbons (Fsp3) is 0.214. The molecular weight excluding hydrogens is 336 g/mol. The average molecular weight is 347 g/mol. The fourth-order valence-electron chi connectivity index (χ4n) is 1.58. The number of nitrogens with two attached hydrogens (primary N) is 1. The van der Waals surface area contributed by atoms with Crippen molar-refractivity contribution in [3.63, 3.8) is 0 Å². The molecule has 1 atom stereocenters. The Balaban J connectivity index is 3.28. The SMILES string of the molecule is COc1cc(C=C(C#N)C(N)C(C#N)C#N)cc(Br)c1O. The van der Waals surface area contributed by atoms with Crippen molar-refractivity contribution in [2.24, 2.45) is 11.7 Å². The van der Waals surface area contributed by atoms with Crippen molar-refractivity contribution >= 4 is 22.0 Å². The van der Waals surface area contributed by atoms with E-state index in [1.807, 2.05) is 6.07 Å². The molecule has 0 saturated heterocycles. The van der Waals surface area contributed by atoms with Crippen LogP contribution in [-0.2, 0) is 0 Å². The van der Waals surface area contributed by atoms with Crippen LogP contribution in [0.3, 0.4) is 0 Å². The first kappa shape index (κ1) is 16.5. The third kappa shape index (κ3) is 3.73. The number of hydrogen-bond donors (Lipinski definition) is 2. The summed E-state index contributed by atoms with van der Waals surface area (Å²) in [5.41, 5.74) is 6.38. The minimum atomic E-state index is -1.11. The van der Waals surface area contributed by atoms with E-state index in [-0.39, 0.29) is 17.1 Å². The first-order valence-electron chi connectivity index (χ1n) is 5.71. The van der Waals surface area contributed by atoms with E-state index in [2.05, 4.69) is 15.9 Å². The highest BCUT2D eigenvalue weighted by Crippen LogP contribution is 2.35. The van der Waals surface area contributed by atoms with Gasteiger partial charge in [-0.1, -0.05) is 0 Å². The second kappa shape index (κ2) is 7.31. The lowest BCUT2D eigenvalue weighted by molar-refractivity contribution is 0.372. The zero-order valence-electron chi connectivity index (χ0n) is 11.0. The van der Waals surface area contributed by atoms with Crippen LogP contribution in [0.1, 0.15) is 5.56 Å². The van der Waals surface area contributed by atoms with Gasteiger partial charge in [0.25, 0.3) is 0 Å². The number of phenols is 1. The quantitative estimate of drug-likeness (QED) is 0.803. The van der Waals surface area contributed by atoms with E-state index in [9.17, 15) is 5.11 Å². The van der Waals surface area contributed by atoms with Crippen LogP contribution in [0.5, 0.6) is 11.5 Å². The molecule has 1 unspecified atom stereocenters. The molecule has 106 valence electrons. The lowest BCUT2D eigenvalue weighted by atomic mass is 9.95. The van der Waals surface area contributed by atoms with Crippen LogP contribution in [0.4, 0.5) is 0 Å². The molecule has 0 radical (unpaired) electrons. The molecule has 0 bridgehead atoms. The monoisotopic (exact) mass is 346 g/mol. The van der Waals surface area contributed by atoms with Crippen LogP contribution in [-0.4, -0.2) is 18.3 Å². The number of methoxy groups -OCH3 is 1. The Morgan fingerprint density at radius 2 is 2.00 bits per heavy atom. The molecule has 1 aromatic carbocycles. The Labute approximate surface area is 130 Å². The maximum Gasteiger partial charge on any atom is 0.172 e. The van der Waals surface area contributed by atoms with Gasteiger partial charge in [0, 0.05) is 5.57 Å². The van der Waals surface area contributed by atoms with Gasteiger partial charge >= 0.3 is 0 Å². The number of hydrogen-bond acceptors (Lipinski definition) is 6. The van der Waals surface area contributed by atoms with Crippen LogP contribution >= 0.6 is 15.9 Å². The average Bonchev–Trinajstić information content (AvgIpc) is 2.49. The van der Waals surface area contributed by atoms with Gasteiger partial charge in [0.15, 0.2) is 17.4 Å². The molecule has 0 amide bonds. The van der Waals surface area contributed by atoms with Crippen molar-refractivity contribution in [2.75, 3.05) is 7.11 Å². The molecule has 0 heterocycles. The zero-order valence-corrected chi connectivity index (χ0v) is 12.6.